The molecule has 0 aliphatic carbocycles. The lowest BCUT2D eigenvalue weighted by Gasteiger charge is -2.02. The van der Waals surface area contributed by atoms with Crippen molar-refractivity contribution < 1.29 is 4.74 Å². The van der Waals surface area contributed by atoms with Crippen LogP contribution in [0.3, 0.4) is 0 Å². The maximum absolute atomic E-state index is 5.15. The van der Waals surface area contributed by atoms with Crippen molar-refractivity contribution in [3.8, 4) is 17.1 Å². The minimum absolute atomic E-state index is 0.721. The molecule has 126 valence electrons. The molecule has 0 unspecified atom stereocenters. The highest BCUT2D eigenvalue weighted by atomic mass is 32.2. The van der Waals surface area contributed by atoms with Gasteiger partial charge in [-0.05, 0) is 30.0 Å². The molecule has 0 atom stereocenters. The Morgan fingerprint density at radius 2 is 1.80 bits per heavy atom. The summed E-state index contributed by atoms with van der Waals surface area (Å²) in [6.45, 7) is 0. The lowest BCUT2D eigenvalue weighted by atomic mass is 10.2. The van der Waals surface area contributed by atoms with E-state index in [1.54, 1.807) is 18.0 Å². The first-order valence-electron chi connectivity index (χ1n) is 7.71. The topological polar surface area (TPSA) is 52.3 Å². The number of methoxy groups -OCH3 is 1. The summed E-state index contributed by atoms with van der Waals surface area (Å²) in [6.07, 6.45) is 7.56. The molecule has 3 rings (SSSR count). The van der Waals surface area contributed by atoms with Crippen molar-refractivity contribution in [2.75, 3.05) is 13.4 Å². The molecular weight excluding hydrogens is 332 g/mol. The molecule has 6 heteroatoms. The van der Waals surface area contributed by atoms with Gasteiger partial charge in [0.05, 0.1) is 7.11 Å². The average Bonchev–Trinajstić information content (AvgIpc) is 3.09. The van der Waals surface area contributed by atoms with Crippen LogP contribution in [-0.4, -0.2) is 34.5 Å². The van der Waals surface area contributed by atoms with Crippen LogP contribution in [0.25, 0.3) is 17.5 Å². The summed E-state index contributed by atoms with van der Waals surface area (Å²) in [4.78, 5) is 0. The third-order valence-electron chi connectivity index (χ3n) is 3.50. The highest BCUT2D eigenvalue weighted by molar-refractivity contribution is 7.98. The number of hydrogen-bond donors (Lipinski definition) is 0. The lowest BCUT2D eigenvalue weighted by Crippen LogP contribution is -1.95. The average molecular weight is 350 g/mol. The molecule has 0 amide bonds. The molecule has 25 heavy (non-hydrogen) atoms. The quantitative estimate of drug-likeness (QED) is 0.493. The van der Waals surface area contributed by atoms with E-state index in [1.807, 2.05) is 73.0 Å². The van der Waals surface area contributed by atoms with Gasteiger partial charge in [-0.25, -0.2) is 0 Å². The molecule has 0 radical (unpaired) electrons. The molecule has 5 nitrogen and oxygen atoms in total. The van der Waals surface area contributed by atoms with Crippen LogP contribution in [0.2, 0.25) is 0 Å². The summed E-state index contributed by atoms with van der Waals surface area (Å²) in [5.74, 6) is 1.56. The Balaban J connectivity index is 1.80. The van der Waals surface area contributed by atoms with Gasteiger partial charge < -0.3 is 4.74 Å². The van der Waals surface area contributed by atoms with Crippen LogP contribution in [0.1, 0.15) is 5.56 Å². The van der Waals surface area contributed by atoms with Crippen molar-refractivity contribution in [3.05, 3.63) is 66.2 Å². The number of thioether (sulfide) groups is 1. The Morgan fingerprint density at radius 3 is 2.48 bits per heavy atom. The van der Waals surface area contributed by atoms with Gasteiger partial charge in [-0.15, -0.1) is 10.2 Å². The number of benzene rings is 2. The zero-order valence-corrected chi connectivity index (χ0v) is 14.9. The summed E-state index contributed by atoms with van der Waals surface area (Å²) in [5.41, 5.74) is 2.05. The van der Waals surface area contributed by atoms with Crippen molar-refractivity contribution in [2.45, 2.75) is 5.16 Å². The SMILES string of the molecule is COc1ccc(/C=C/C=N/n2c(SC)nnc2-c2ccccc2)cc1. The van der Waals surface area contributed by atoms with E-state index in [2.05, 4.69) is 15.3 Å². The van der Waals surface area contributed by atoms with Crippen LogP contribution in [0.4, 0.5) is 0 Å². The fourth-order valence-corrected chi connectivity index (χ4v) is 2.67. The van der Waals surface area contributed by atoms with E-state index < -0.39 is 0 Å². The molecular formula is C19H18N4OS. The molecule has 0 bridgehead atoms. The van der Waals surface area contributed by atoms with Crippen molar-refractivity contribution >= 4 is 24.1 Å². The Labute approximate surface area is 151 Å². The predicted molar refractivity (Wildman–Crippen MR) is 103 cm³/mol. The van der Waals surface area contributed by atoms with E-state index >= 15 is 0 Å². The molecule has 3 aromatic rings. The summed E-state index contributed by atoms with van der Waals surface area (Å²) in [6, 6.07) is 17.7. The fraction of sp³-hybridized carbons (Fsp3) is 0.105. The second-order valence-electron chi connectivity index (χ2n) is 5.08. The third-order valence-corrected chi connectivity index (χ3v) is 4.12. The minimum Gasteiger partial charge on any atom is -0.497 e. The van der Waals surface area contributed by atoms with Gasteiger partial charge in [0, 0.05) is 11.8 Å². The lowest BCUT2D eigenvalue weighted by molar-refractivity contribution is 0.415. The molecule has 1 heterocycles. The summed E-state index contributed by atoms with van der Waals surface area (Å²) < 4.78 is 6.90. The van der Waals surface area contributed by atoms with E-state index in [4.69, 9.17) is 4.74 Å². The first-order valence-corrected chi connectivity index (χ1v) is 8.94. The number of allylic oxidation sites excluding steroid dienone is 1. The van der Waals surface area contributed by atoms with Crippen molar-refractivity contribution in [2.24, 2.45) is 5.10 Å². The van der Waals surface area contributed by atoms with Gasteiger partial charge in [0.1, 0.15) is 5.75 Å². The van der Waals surface area contributed by atoms with Crippen molar-refractivity contribution in [3.63, 3.8) is 0 Å². The number of ether oxygens (including phenoxy) is 1. The molecule has 0 saturated carbocycles. The van der Waals surface area contributed by atoms with Gasteiger partial charge in [0.15, 0.2) is 5.82 Å². The Bertz CT molecular complexity index is 870. The normalized spacial score (nSPS) is 11.4. The Hall–Kier alpha value is -2.86. The maximum atomic E-state index is 5.15. The second-order valence-corrected chi connectivity index (χ2v) is 5.86. The van der Waals surface area contributed by atoms with Crippen LogP contribution < -0.4 is 4.74 Å². The Kier molecular flexibility index (Phi) is 5.64. The number of nitrogens with zero attached hydrogens (tertiary/aromatic N) is 4. The maximum Gasteiger partial charge on any atom is 0.212 e. The first kappa shape index (κ1) is 17.0. The van der Waals surface area contributed by atoms with E-state index in [0.29, 0.717) is 0 Å². The van der Waals surface area contributed by atoms with Crippen LogP contribution in [0.5, 0.6) is 5.75 Å². The van der Waals surface area contributed by atoms with Gasteiger partial charge in [0.25, 0.3) is 0 Å². The molecule has 0 fully saturated rings. The second kappa shape index (κ2) is 8.30. The van der Waals surface area contributed by atoms with Gasteiger partial charge >= 0.3 is 0 Å². The standard InChI is InChI=1S/C19H18N4OS/c1-24-17-12-10-15(11-13-17)7-6-14-20-23-18(21-22-19(23)25-2)16-8-4-3-5-9-16/h3-14H,1-2H3/b7-6+,20-14+. The highest BCUT2D eigenvalue weighted by Crippen LogP contribution is 2.22. The van der Waals surface area contributed by atoms with Crippen molar-refractivity contribution in [1.82, 2.24) is 14.9 Å². The molecule has 2 aromatic carbocycles. The summed E-state index contributed by atoms with van der Waals surface area (Å²) in [5, 5.41) is 13.7. The van der Waals surface area contributed by atoms with E-state index in [0.717, 1.165) is 27.9 Å². The zero-order valence-electron chi connectivity index (χ0n) is 14.0. The van der Waals surface area contributed by atoms with E-state index in [9.17, 15) is 0 Å². The Morgan fingerprint density at radius 1 is 1.04 bits per heavy atom. The largest absolute Gasteiger partial charge is 0.497 e. The molecule has 0 aliphatic rings. The summed E-state index contributed by atoms with van der Waals surface area (Å²) in [7, 11) is 1.66. The van der Waals surface area contributed by atoms with Crippen LogP contribution in [0.15, 0.2) is 70.9 Å². The van der Waals surface area contributed by atoms with Gasteiger partial charge in [-0.3, -0.25) is 0 Å². The molecule has 0 aliphatic heterocycles. The summed E-state index contributed by atoms with van der Waals surface area (Å²) >= 11 is 1.51. The van der Waals surface area contributed by atoms with E-state index in [-0.39, 0.29) is 0 Å². The molecule has 0 N–H and O–H groups in total. The fourth-order valence-electron chi connectivity index (χ4n) is 2.24. The number of hydrogen-bond acceptors (Lipinski definition) is 5. The monoisotopic (exact) mass is 350 g/mol. The molecule has 0 saturated heterocycles. The molecule has 1 aromatic heterocycles. The van der Waals surface area contributed by atoms with Crippen LogP contribution >= 0.6 is 11.8 Å². The first-order chi connectivity index (χ1) is 12.3. The highest BCUT2D eigenvalue weighted by Gasteiger charge is 2.11. The smallest absolute Gasteiger partial charge is 0.212 e. The van der Waals surface area contributed by atoms with Crippen molar-refractivity contribution in [1.29, 1.82) is 0 Å². The number of rotatable bonds is 6. The third kappa shape index (κ3) is 4.16. The minimum atomic E-state index is 0.721. The van der Waals surface area contributed by atoms with Crippen LogP contribution in [0, 0.1) is 0 Å². The van der Waals surface area contributed by atoms with Gasteiger partial charge in [-0.2, -0.15) is 9.78 Å². The van der Waals surface area contributed by atoms with E-state index in [1.165, 1.54) is 11.8 Å². The van der Waals surface area contributed by atoms with Gasteiger partial charge in [-0.1, -0.05) is 60.3 Å². The van der Waals surface area contributed by atoms with Crippen LogP contribution in [-0.2, 0) is 0 Å². The van der Waals surface area contributed by atoms with Gasteiger partial charge in [0.2, 0.25) is 5.16 Å². The predicted octanol–water partition coefficient (Wildman–Crippen LogP) is 4.22. The molecule has 0 spiro atoms. The zero-order chi connectivity index (χ0) is 17.5. The number of aromatic nitrogens is 3.